The number of ether oxygens (including phenoxy) is 1. The van der Waals surface area contributed by atoms with E-state index < -0.39 is 5.54 Å². The summed E-state index contributed by atoms with van der Waals surface area (Å²) in [7, 11) is 1.77. The van der Waals surface area contributed by atoms with Gasteiger partial charge in [0.1, 0.15) is 17.1 Å². The quantitative estimate of drug-likeness (QED) is 0.835. The highest BCUT2D eigenvalue weighted by Gasteiger charge is 2.46. The second-order valence-electron chi connectivity index (χ2n) is 5.27. The molecule has 0 spiro atoms. The highest BCUT2D eigenvalue weighted by Crippen LogP contribution is 2.37. The predicted molar refractivity (Wildman–Crippen MR) is 74.8 cm³/mol. The summed E-state index contributed by atoms with van der Waals surface area (Å²) in [4.78, 5) is 11.7. The Morgan fingerprint density at radius 1 is 1.60 bits per heavy atom. The van der Waals surface area contributed by atoms with Gasteiger partial charge in [-0.25, -0.2) is 4.39 Å². The topological polar surface area (TPSA) is 64.3 Å². The normalized spacial score (nSPS) is 25.6. The number of carbonyl (C=O) groups is 1. The van der Waals surface area contributed by atoms with Crippen molar-refractivity contribution in [2.45, 2.75) is 31.2 Å². The van der Waals surface area contributed by atoms with Crippen LogP contribution in [-0.4, -0.2) is 25.1 Å². The average Bonchev–Trinajstić information content (AvgIpc) is 2.83. The van der Waals surface area contributed by atoms with Crippen molar-refractivity contribution < 1.29 is 13.9 Å². The number of carbonyl (C=O) groups excluding carboxylic acids is 1. The first-order valence-electron chi connectivity index (χ1n) is 6.95. The third kappa shape index (κ3) is 2.93. The molecular formula is C15H21FN2O2. The third-order valence-electron chi connectivity index (χ3n) is 4.24. The SMILES string of the molecule is CNC1(C(N)=O)CCCC1CCOc1cccc(F)c1. The van der Waals surface area contributed by atoms with Gasteiger partial charge in [-0.15, -0.1) is 0 Å². The lowest BCUT2D eigenvalue weighted by Crippen LogP contribution is -2.56. The Morgan fingerprint density at radius 3 is 3.05 bits per heavy atom. The number of benzene rings is 1. The van der Waals surface area contributed by atoms with Gasteiger partial charge in [0.15, 0.2) is 0 Å². The van der Waals surface area contributed by atoms with Crippen molar-refractivity contribution in [3.8, 4) is 5.75 Å². The highest BCUT2D eigenvalue weighted by atomic mass is 19.1. The molecule has 1 saturated carbocycles. The van der Waals surface area contributed by atoms with Crippen LogP contribution in [0.5, 0.6) is 5.75 Å². The van der Waals surface area contributed by atoms with E-state index in [2.05, 4.69) is 5.32 Å². The van der Waals surface area contributed by atoms with Gasteiger partial charge in [0.05, 0.1) is 6.61 Å². The lowest BCUT2D eigenvalue weighted by Gasteiger charge is -2.32. The Bertz CT molecular complexity index is 481. The van der Waals surface area contributed by atoms with Crippen LogP contribution in [0.15, 0.2) is 24.3 Å². The Morgan fingerprint density at radius 2 is 2.40 bits per heavy atom. The largest absolute Gasteiger partial charge is 0.493 e. The van der Waals surface area contributed by atoms with Gasteiger partial charge >= 0.3 is 0 Å². The molecule has 2 unspecified atom stereocenters. The number of primary amides is 1. The van der Waals surface area contributed by atoms with Crippen LogP contribution < -0.4 is 15.8 Å². The van der Waals surface area contributed by atoms with Crippen LogP contribution in [0.3, 0.4) is 0 Å². The zero-order valence-corrected chi connectivity index (χ0v) is 11.7. The fraction of sp³-hybridized carbons (Fsp3) is 0.533. The van der Waals surface area contributed by atoms with Crippen LogP contribution >= 0.6 is 0 Å². The second kappa shape index (κ2) is 6.22. The Hall–Kier alpha value is -1.62. The number of nitrogens with one attached hydrogen (secondary N) is 1. The smallest absolute Gasteiger partial charge is 0.238 e. The molecule has 0 saturated heterocycles. The molecule has 110 valence electrons. The van der Waals surface area contributed by atoms with Crippen LogP contribution in [0.4, 0.5) is 4.39 Å². The van der Waals surface area contributed by atoms with Crippen LogP contribution in [0, 0.1) is 11.7 Å². The molecule has 5 heteroatoms. The molecule has 0 aromatic heterocycles. The van der Waals surface area contributed by atoms with Crippen molar-refractivity contribution in [1.82, 2.24) is 5.32 Å². The molecule has 1 aliphatic carbocycles. The minimum atomic E-state index is -0.620. The van der Waals surface area contributed by atoms with Gasteiger partial charge < -0.3 is 15.8 Å². The van der Waals surface area contributed by atoms with E-state index in [9.17, 15) is 9.18 Å². The van der Waals surface area contributed by atoms with Crippen molar-refractivity contribution >= 4 is 5.91 Å². The lowest BCUT2D eigenvalue weighted by molar-refractivity contribution is -0.125. The molecule has 0 heterocycles. The maximum atomic E-state index is 13.0. The fourth-order valence-electron chi connectivity index (χ4n) is 3.12. The molecule has 2 atom stereocenters. The number of nitrogens with two attached hydrogens (primary N) is 1. The van der Waals surface area contributed by atoms with E-state index in [0.717, 1.165) is 25.7 Å². The van der Waals surface area contributed by atoms with E-state index >= 15 is 0 Å². The lowest BCUT2D eigenvalue weighted by atomic mass is 9.84. The van der Waals surface area contributed by atoms with E-state index in [-0.39, 0.29) is 17.6 Å². The first-order chi connectivity index (χ1) is 9.58. The van der Waals surface area contributed by atoms with Crippen LogP contribution in [0.25, 0.3) is 0 Å². The minimum absolute atomic E-state index is 0.165. The summed E-state index contributed by atoms with van der Waals surface area (Å²) in [5, 5.41) is 3.09. The van der Waals surface area contributed by atoms with E-state index in [1.807, 2.05) is 0 Å². The molecule has 4 nitrogen and oxygen atoms in total. The molecule has 1 amide bonds. The molecule has 1 aliphatic rings. The zero-order chi connectivity index (χ0) is 14.6. The molecule has 1 aromatic carbocycles. The molecule has 0 bridgehead atoms. The summed E-state index contributed by atoms with van der Waals surface area (Å²) in [6.07, 6.45) is 3.43. The summed E-state index contributed by atoms with van der Waals surface area (Å²) in [5.74, 6) is 0.0639. The first-order valence-corrected chi connectivity index (χ1v) is 6.95. The molecule has 0 aliphatic heterocycles. The van der Waals surface area contributed by atoms with Crippen molar-refractivity contribution in [3.63, 3.8) is 0 Å². The molecule has 1 aromatic rings. The van der Waals surface area contributed by atoms with E-state index in [1.54, 1.807) is 19.2 Å². The van der Waals surface area contributed by atoms with E-state index in [0.29, 0.717) is 12.4 Å². The van der Waals surface area contributed by atoms with Crippen LogP contribution in [0.1, 0.15) is 25.7 Å². The van der Waals surface area contributed by atoms with Gasteiger partial charge in [-0.05, 0) is 44.4 Å². The average molecular weight is 280 g/mol. The van der Waals surface area contributed by atoms with Crippen molar-refractivity contribution in [2.75, 3.05) is 13.7 Å². The highest BCUT2D eigenvalue weighted by molar-refractivity contribution is 5.85. The van der Waals surface area contributed by atoms with E-state index in [1.165, 1.54) is 12.1 Å². The van der Waals surface area contributed by atoms with Crippen molar-refractivity contribution in [2.24, 2.45) is 11.7 Å². The molecule has 2 rings (SSSR count). The summed E-state index contributed by atoms with van der Waals surface area (Å²) in [5.41, 5.74) is 4.92. The Balaban J connectivity index is 1.92. The fourth-order valence-corrected chi connectivity index (χ4v) is 3.12. The van der Waals surface area contributed by atoms with Gasteiger partial charge in [0.25, 0.3) is 0 Å². The second-order valence-corrected chi connectivity index (χ2v) is 5.27. The first kappa shape index (κ1) is 14.8. The van der Waals surface area contributed by atoms with Crippen molar-refractivity contribution in [1.29, 1.82) is 0 Å². The Labute approximate surface area is 118 Å². The van der Waals surface area contributed by atoms with Gasteiger partial charge in [-0.2, -0.15) is 0 Å². The molecule has 3 N–H and O–H groups in total. The van der Waals surface area contributed by atoms with Crippen LogP contribution in [0.2, 0.25) is 0 Å². The van der Waals surface area contributed by atoms with Gasteiger partial charge in [0, 0.05) is 6.07 Å². The summed E-state index contributed by atoms with van der Waals surface area (Å²) in [6.45, 7) is 0.449. The van der Waals surface area contributed by atoms with E-state index in [4.69, 9.17) is 10.5 Å². The Kier molecular flexibility index (Phi) is 4.60. The summed E-state index contributed by atoms with van der Waals surface area (Å²) < 4.78 is 18.6. The monoisotopic (exact) mass is 280 g/mol. The van der Waals surface area contributed by atoms with Gasteiger partial charge in [-0.3, -0.25) is 4.79 Å². The number of halogens is 1. The summed E-state index contributed by atoms with van der Waals surface area (Å²) in [6, 6.07) is 6.07. The predicted octanol–water partition coefficient (Wildman–Crippen LogP) is 1.84. The molecular weight excluding hydrogens is 259 g/mol. The summed E-state index contributed by atoms with van der Waals surface area (Å²) >= 11 is 0. The third-order valence-corrected chi connectivity index (χ3v) is 4.24. The zero-order valence-electron chi connectivity index (χ0n) is 11.7. The molecule has 0 radical (unpaired) electrons. The number of hydrogen-bond acceptors (Lipinski definition) is 3. The standard InChI is InChI=1S/C15H21FN2O2/c1-18-15(14(17)19)8-3-4-11(15)7-9-20-13-6-2-5-12(16)10-13/h2,5-6,10-11,18H,3-4,7-9H2,1H3,(H2,17,19). The number of amides is 1. The number of likely N-dealkylation sites (N-methyl/N-ethyl adjacent to an activating group) is 1. The maximum Gasteiger partial charge on any atom is 0.238 e. The number of rotatable bonds is 6. The minimum Gasteiger partial charge on any atom is -0.493 e. The van der Waals surface area contributed by atoms with Crippen molar-refractivity contribution in [3.05, 3.63) is 30.1 Å². The molecule has 1 fully saturated rings. The van der Waals surface area contributed by atoms with Crippen LogP contribution in [-0.2, 0) is 4.79 Å². The number of hydrogen-bond donors (Lipinski definition) is 2. The maximum absolute atomic E-state index is 13.0. The molecule has 20 heavy (non-hydrogen) atoms. The van der Waals surface area contributed by atoms with Gasteiger partial charge in [0.2, 0.25) is 5.91 Å². The van der Waals surface area contributed by atoms with Gasteiger partial charge in [-0.1, -0.05) is 12.5 Å².